The number of carboxylic acids is 1. The smallest absolute Gasteiger partial charge is 0.333 e. The van der Waals surface area contributed by atoms with Gasteiger partial charge in [0.25, 0.3) is 0 Å². The summed E-state index contributed by atoms with van der Waals surface area (Å²) in [6.45, 7) is 2.00. The number of aliphatic carboxylic acids is 1. The number of allylic oxidation sites excluding steroid dienone is 1. The average molecular weight is 387 g/mol. The molecule has 2 atom stereocenters. The highest BCUT2D eigenvalue weighted by atomic mass is 16.5. The third kappa shape index (κ3) is 4.52. The van der Waals surface area contributed by atoms with Crippen LogP contribution in [0.4, 0.5) is 0 Å². The maximum atomic E-state index is 12.4. The Bertz CT molecular complexity index is 905. The maximum absolute atomic E-state index is 12.4. The second kappa shape index (κ2) is 8.17. The van der Waals surface area contributed by atoms with Crippen LogP contribution in [-0.4, -0.2) is 43.3 Å². The molecule has 0 radical (unpaired) electrons. The zero-order valence-electron chi connectivity index (χ0n) is 15.3. The van der Waals surface area contributed by atoms with Crippen LogP contribution in [0.2, 0.25) is 0 Å². The van der Waals surface area contributed by atoms with Gasteiger partial charge in [0.1, 0.15) is 11.4 Å². The predicted octanol–water partition coefficient (Wildman–Crippen LogP) is 0.982. The zero-order valence-corrected chi connectivity index (χ0v) is 15.3. The molecule has 0 aliphatic heterocycles. The van der Waals surface area contributed by atoms with Crippen molar-refractivity contribution in [3.63, 3.8) is 0 Å². The summed E-state index contributed by atoms with van der Waals surface area (Å²) < 4.78 is 5.11. The molecule has 148 valence electrons. The van der Waals surface area contributed by atoms with E-state index in [9.17, 15) is 19.8 Å². The van der Waals surface area contributed by atoms with Crippen LogP contribution >= 0.6 is 0 Å². The van der Waals surface area contributed by atoms with Crippen molar-refractivity contribution in [3.05, 3.63) is 35.5 Å². The number of aromatic hydroxyl groups is 1. The number of nitrogens with one attached hydrogen (secondary N) is 1. The number of hydrogen-bond donors (Lipinski definition) is 4. The number of nitrogens with two attached hydrogens (primary N) is 1. The molecule has 10 heteroatoms. The molecule has 28 heavy (non-hydrogen) atoms. The van der Waals surface area contributed by atoms with Crippen LogP contribution in [0.25, 0.3) is 11.5 Å². The van der Waals surface area contributed by atoms with Gasteiger partial charge in [0, 0.05) is 5.70 Å². The number of pyridine rings is 1. The fourth-order valence-corrected chi connectivity index (χ4v) is 2.96. The van der Waals surface area contributed by atoms with Crippen molar-refractivity contribution in [3.8, 4) is 17.3 Å². The molecule has 0 unspecified atom stereocenters. The number of aromatic nitrogens is 3. The first kappa shape index (κ1) is 19.5. The third-order valence-corrected chi connectivity index (χ3v) is 4.51. The summed E-state index contributed by atoms with van der Waals surface area (Å²) in [5.41, 5.74) is 6.96. The molecule has 1 aliphatic carbocycles. The molecule has 0 fully saturated rings. The number of carboxylic acid groups (broad SMARTS) is 1. The summed E-state index contributed by atoms with van der Waals surface area (Å²) in [5, 5.41) is 25.0. The summed E-state index contributed by atoms with van der Waals surface area (Å²) in [4.78, 5) is 31.9. The maximum Gasteiger partial charge on any atom is 0.333 e. The molecule has 3 rings (SSSR count). The highest BCUT2D eigenvalue weighted by Gasteiger charge is 2.26. The lowest BCUT2D eigenvalue weighted by Gasteiger charge is -2.24. The fourth-order valence-electron chi connectivity index (χ4n) is 2.96. The van der Waals surface area contributed by atoms with Crippen LogP contribution in [0.5, 0.6) is 5.75 Å². The predicted molar refractivity (Wildman–Crippen MR) is 96.7 cm³/mol. The van der Waals surface area contributed by atoms with Crippen molar-refractivity contribution in [2.45, 2.75) is 38.6 Å². The molecule has 0 spiro atoms. The Morgan fingerprint density at radius 3 is 2.89 bits per heavy atom. The van der Waals surface area contributed by atoms with E-state index in [0.717, 1.165) is 6.42 Å². The minimum absolute atomic E-state index is 0.0118. The summed E-state index contributed by atoms with van der Waals surface area (Å²) in [7, 11) is 0. The number of carbonyl (C=O) groups excluding carboxylic acids is 1. The second-order valence-corrected chi connectivity index (χ2v) is 6.82. The Morgan fingerprint density at radius 1 is 1.43 bits per heavy atom. The Labute approximate surface area is 160 Å². The monoisotopic (exact) mass is 387 g/mol. The van der Waals surface area contributed by atoms with E-state index in [1.54, 1.807) is 0 Å². The summed E-state index contributed by atoms with van der Waals surface area (Å²) >= 11 is 0. The van der Waals surface area contributed by atoms with Crippen molar-refractivity contribution in [2.24, 2.45) is 11.7 Å². The first-order valence-electron chi connectivity index (χ1n) is 8.83. The topological polar surface area (TPSA) is 164 Å². The van der Waals surface area contributed by atoms with Crippen LogP contribution in [-0.2, 0) is 16.0 Å². The molecule has 0 bridgehead atoms. The summed E-state index contributed by atoms with van der Waals surface area (Å²) in [6, 6.07) is 1.98. The second-order valence-electron chi connectivity index (χ2n) is 6.82. The van der Waals surface area contributed by atoms with Gasteiger partial charge in [0.2, 0.25) is 17.6 Å². The summed E-state index contributed by atoms with van der Waals surface area (Å²) in [5.74, 6) is -0.884. The fraction of sp³-hybridized carbons (Fsp3) is 0.389. The molecule has 0 saturated heterocycles. The van der Waals surface area contributed by atoms with E-state index in [-0.39, 0.29) is 35.4 Å². The van der Waals surface area contributed by atoms with E-state index in [2.05, 4.69) is 20.4 Å². The molecule has 0 saturated carbocycles. The third-order valence-electron chi connectivity index (χ3n) is 4.51. The standard InChI is InChI=1S/C18H21N5O5/c1-9-2-4-11(18(26)27)14(6-9)21-17(25)12(19)7-15-22-16(23-28-15)13-5-3-10(24)8-20-13/h3,5,8-9,12,24H,2,4,6-7,19H2,1H3,(H,21,25)(H,26,27)/t9-,12+/m1/s1. The molecule has 0 aromatic carbocycles. The lowest BCUT2D eigenvalue weighted by Crippen LogP contribution is -2.43. The van der Waals surface area contributed by atoms with Crippen LogP contribution < -0.4 is 11.1 Å². The number of hydrogen-bond acceptors (Lipinski definition) is 8. The van der Waals surface area contributed by atoms with Gasteiger partial charge in [-0.1, -0.05) is 12.1 Å². The van der Waals surface area contributed by atoms with Gasteiger partial charge < -0.3 is 25.8 Å². The first-order valence-corrected chi connectivity index (χ1v) is 8.83. The number of rotatable bonds is 6. The van der Waals surface area contributed by atoms with E-state index in [1.165, 1.54) is 18.3 Å². The SMILES string of the molecule is C[C@@H]1CCC(C(=O)O)=C(NC(=O)[C@@H](N)Cc2nc(-c3ccc(O)cn3)no2)C1. The van der Waals surface area contributed by atoms with Crippen molar-refractivity contribution < 1.29 is 24.3 Å². The van der Waals surface area contributed by atoms with Crippen LogP contribution in [0.15, 0.2) is 34.1 Å². The van der Waals surface area contributed by atoms with Gasteiger partial charge in [-0.3, -0.25) is 4.79 Å². The molecule has 1 amide bonds. The lowest BCUT2D eigenvalue weighted by atomic mass is 9.88. The molecule has 10 nitrogen and oxygen atoms in total. The van der Waals surface area contributed by atoms with E-state index in [4.69, 9.17) is 10.3 Å². The quantitative estimate of drug-likeness (QED) is 0.565. The van der Waals surface area contributed by atoms with Crippen LogP contribution in [0, 0.1) is 5.92 Å². The minimum Gasteiger partial charge on any atom is -0.506 e. The normalized spacial score (nSPS) is 18.0. The molecule has 5 N–H and O–H groups in total. The van der Waals surface area contributed by atoms with Gasteiger partial charge in [-0.05, 0) is 37.3 Å². The van der Waals surface area contributed by atoms with E-state index < -0.39 is 17.9 Å². The van der Waals surface area contributed by atoms with Gasteiger partial charge in [0.15, 0.2) is 0 Å². The first-order chi connectivity index (χ1) is 13.3. The van der Waals surface area contributed by atoms with E-state index in [0.29, 0.717) is 24.2 Å². The Hall–Kier alpha value is -3.27. The Balaban J connectivity index is 1.66. The molecular weight excluding hydrogens is 366 g/mol. The highest BCUT2D eigenvalue weighted by molar-refractivity contribution is 5.90. The van der Waals surface area contributed by atoms with Gasteiger partial charge in [-0.2, -0.15) is 4.98 Å². The summed E-state index contributed by atoms with van der Waals surface area (Å²) in [6.07, 6.45) is 2.90. The average Bonchev–Trinajstić information content (AvgIpc) is 3.10. The molecule has 2 aromatic heterocycles. The number of amides is 1. The Kier molecular flexibility index (Phi) is 5.69. The molecule has 2 heterocycles. The van der Waals surface area contributed by atoms with Crippen molar-refractivity contribution in [1.29, 1.82) is 0 Å². The molecular formula is C18H21N5O5. The van der Waals surface area contributed by atoms with Gasteiger partial charge in [0.05, 0.1) is 24.2 Å². The number of nitrogens with zero attached hydrogens (tertiary/aromatic N) is 3. The largest absolute Gasteiger partial charge is 0.506 e. The Morgan fingerprint density at radius 2 is 2.21 bits per heavy atom. The lowest BCUT2D eigenvalue weighted by molar-refractivity contribution is -0.133. The molecule has 1 aliphatic rings. The van der Waals surface area contributed by atoms with Crippen molar-refractivity contribution in [2.75, 3.05) is 0 Å². The van der Waals surface area contributed by atoms with Crippen LogP contribution in [0.3, 0.4) is 0 Å². The van der Waals surface area contributed by atoms with E-state index in [1.807, 2.05) is 6.92 Å². The number of carbonyl (C=O) groups is 2. The minimum atomic E-state index is -1.03. The van der Waals surface area contributed by atoms with Crippen molar-refractivity contribution in [1.82, 2.24) is 20.4 Å². The van der Waals surface area contributed by atoms with Gasteiger partial charge in [-0.25, -0.2) is 9.78 Å². The van der Waals surface area contributed by atoms with Crippen molar-refractivity contribution >= 4 is 11.9 Å². The van der Waals surface area contributed by atoms with Crippen LogP contribution in [0.1, 0.15) is 32.1 Å². The highest BCUT2D eigenvalue weighted by Crippen LogP contribution is 2.28. The molecule has 2 aromatic rings. The zero-order chi connectivity index (χ0) is 20.3. The van der Waals surface area contributed by atoms with E-state index >= 15 is 0 Å². The van der Waals surface area contributed by atoms with Gasteiger partial charge in [-0.15, -0.1) is 0 Å². The van der Waals surface area contributed by atoms with Gasteiger partial charge >= 0.3 is 5.97 Å².